The van der Waals surface area contributed by atoms with E-state index in [0.717, 1.165) is 116 Å². The first-order valence-corrected chi connectivity index (χ1v) is 29.3. The van der Waals surface area contributed by atoms with Gasteiger partial charge in [0.15, 0.2) is 12.6 Å². The number of carbonyl (C=O) groups is 1. The lowest BCUT2D eigenvalue weighted by Crippen LogP contribution is -2.61. The molecule has 0 saturated carbocycles. The zero-order valence-corrected chi connectivity index (χ0v) is 46.7. The highest BCUT2D eigenvalue weighted by Crippen LogP contribution is 2.26. The third-order valence-electron chi connectivity index (χ3n) is 13.3. The molecule has 0 radical (unpaired) electrons. The first kappa shape index (κ1) is 69.0. The van der Waals surface area contributed by atoms with E-state index in [1.54, 1.807) is 0 Å². The van der Waals surface area contributed by atoms with Gasteiger partial charge in [-0.3, -0.25) is 4.79 Å². The second kappa shape index (κ2) is 47.9. The number of hydrogen-bond donors (Lipinski definition) is 7. The number of ether oxygens (including phenoxy) is 6. The van der Waals surface area contributed by atoms with E-state index in [9.17, 15) is 40.5 Å². The van der Waals surface area contributed by atoms with Crippen LogP contribution < -0.4 is 0 Å². The number of hydrogen-bond acceptors (Lipinski definition) is 14. The molecule has 2 fully saturated rings. The van der Waals surface area contributed by atoms with Crippen LogP contribution in [0.4, 0.5) is 0 Å². The van der Waals surface area contributed by atoms with Crippen molar-refractivity contribution in [1.82, 2.24) is 0 Å². The summed E-state index contributed by atoms with van der Waals surface area (Å²) in [5.41, 5.74) is 0. The lowest BCUT2D eigenvalue weighted by Gasteiger charge is -2.42. The summed E-state index contributed by atoms with van der Waals surface area (Å²) in [4.78, 5) is 13.1. The van der Waals surface area contributed by atoms with Crippen LogP contribution in [0.2, 0.25) is 0 Å². The highest BCUT2D eigenvalue weighted by molar-refractivity contribution is 5.69. The predicted molar refractivity (Wildman–Crippen MR) is 302 cm³/mol. The molecule has 2 aliphatic heterocycles. The summed E-state index contributed by atoms with van der Waals surface area (Å²) in [7, 11) is 0. The molecular weight excluding hydrogens is 969 g/mol. The monoisotopic (exact) mass is 1070 g/mol. The number of aliphatic hydroxyl groups excluding tert-OH is 7. The van der Waals surface area contributed by atoms with Crippen molar-refractivity contribution in [2.24, 2.45) is 0 Å². The minimum Gasteiger partial charge on any atom is -0.457 e. The zero-order valence-electron chi connectivity index (χ0n) is 46.7. The van der Waals surface area contributed by atoms with E-state index in [1.807, 2.05) is 0 Å². The molecule has 2 saturated heterocycles. The van der Waals surface area contributed by atoms with Crippen molar-refractivity contribution in [3.05, 3.63) is 97.2 Å². The van der Waals surface area contributed by atoms with E-state index in [2.05, 4.69) is 111 Å². The maximum absolute atomic E-state index is 13.1. The van der Waals surface area contributed by atoms with Crippen molar-refractivity contribution in [1.29, 1.82) is 0 Å². The lowest BCUT2D eigenvalue weighted by atomic mass is 9.98. The Labute approximate surface area is 458 Å². The molecule has 0 aromatic carbocycles. The summed E-state index contributed by atoms with van der Waals surface area (Å²) in [5.74, 6) is -0.397. The Kier molecular flexibility index (Phi) is 43.5. The predicted octanol–water partition coefficient (Wildman–Crippen LogP) is 10.6. The maximum atomic E-state index is 13.1. The maximum Gasteiger partial charge on any atom is 0.306 e. The van der Waals surface area contributed by atoms with Gasteiger partial charge in [-0.1, -0.05) is 182 Å². The molecule has 436 valence electrons. The highest BCUT2D eigenvalue weighted by atomic mass is 16.7. The molecule has 76 heavy (non-hydrogen) atoms. The van der Waals surface area contributed by atoms with Gasteiger partial charge in [0.2, 0.25) is 0 Å². The quantitative estimate of drug-likeness (QED) is 0.0172. The van der Waals surface area contributed by atoms with Crippen molar-refractivity contribution < 1.29 is 69.0 Å². The molecule has 2 aliphatic rings. The van der Waals surface area contributed by atoms with Crippen LogP contribution in [-0.2, 0) is 33.2 Å². The summed E-state index contributed by atoms with van der Waals surface area (Å²) in [6.07, 6.45) is 47.5. The van der Waals surface area contributed by atoms with Crippen molar-refractivity contribution in [3.8, 4) is 0 Å². The molecule has 0 aromatic rings. The molecule has 14 nitrogen and oxygen atoms in total. The van der Waals surface area contributed by atoms with Gasteiger partial charge >= 0.3 is 5.97 Å². The van der Waals surface area contributed by atoms with Gasteiger partial charge < -0.3 is 64.2 Å². The largest absolute Gasteiger partial charge is 0.457 e. The minimum absolute atomic E-state index is 0.0419. The van der Waals surface area contributed by atoms with E-state index in [-0.39, 0.29) is 19.6 Å². The molecule has 11 unspecified atom stereocenters. The molecule has 0 aromatic heterocycles. The number of unbranched alkanes of at least 4 members (excludes halogenated alkanes) is 16. The Morgan fingerprint density at radius 3 is 1.34 bits per heavy atom. The van der Waals surface area contributed by atoms with Crippen LogP contribution in [0, 0.1) is 0 Å². The average Bonchev–Trinajstić information content (AvgIpc) is 3.42. The highest BCUT2D eigenvalue weighted by Gasteiger charge is 2.47. The van der Waals surface area contributed by atoms with Crippen molar-refractivity contribution in [2.75, 3.05) is 33.0 Å². The van der Waals surface area contributed by atoms with E-state index in [4.69, 9.17) is 28.4 Å². The summed E-state index contributed by atoms with van der Waals surface area (Å²) in [6, 6.07) is 0. The third kappa shape index (κ3) is 34.0. The Morgan fingerprint density at radius 2 is 0.855 bits per heavy atom. The third-order valence-corrected chi connectivity index (χ3v) is 13.3. The first-order valence-electron chi connectivity index (χ1n) is 29.3. The Balaban J connectivity index is 1.72. The van der Waals surface area contributed by atoms with Crippen LogP contribution in [0.1, 0.15) is 187 Å². The zero-order chi connectivity index (χ0) is 55.1. The molecule has 7 N–H and O–H groups in total. The van der Waals surface area contributed by atoms with Crippen LogP contribution in [0.15, 0.2) is 97.2 Å². The molecule has 2 heterocycles. The van der Waals surface area contributed by atoms with Gasteiger partial charge in [0.25, 0.3) is 0 Å². The number of esters is 1. The van der Waals surface area contributed by atoms with Crippen LogP contribution in [0.5, 0.6) is 0 Å². The second-order valence-electron chi connectivity index (χ2n) is 20.1. The number of allylic oxidation sites excluding steroid dienone is 16. The Bertz CT molecular complexity index is 1620. The average molecular weight is 1070 g/mol. The van der Waals surface area contributed by atoms with Crippen molar-refractivity contribution in [3.63, 3.8) is 0 Å². The van der Waals surface area contributed by atoms with Crippen LogP contribution in [-0.4, -0.2) is 142 Å². The molecule has 0 aliphatic carbocycles. The summed E-state index contributed by atoms with van der Waals surface area (Å²) in [6.45, 7) is 3.50. The van der Waals surface area contributed by atoms with Gasteiger partial charge in [-0.2, -0.15) is 0 Å². The van der Waals surface area contributed by atoms with Crippen LogP contribution >= 0.6 is 0 Å². The minimum atomic E-state index is -1.72. The Hall–Kier alpha value is -3.09. The van der Waals surface area contributed by atoms with E-state index < -0.39 is 86.7 Å². The smallest absolute Gasteiger partial charge is 0.306 e. The fourth-order valence-electron chi connectivity index (χ4n) is 8.61. The molecular formula is C62H104O14. The van der Waals surface area contributed by atoms with Gasteiger partial charge in [-0.15, -0.1) is 0 Å². The molecule has 0 spiro atoms. The topological polar surface area (TPSA) is 214 Å². The van der Waals surface area contributed by atoms with E-state index >= 15 is 0 Å². The normalized spacial score (nSPS) is 25.2. The van der Waals surface area contributed by atoms with Crippen LogP contribution in [0.3, 0.4) is 0 Å². The number of carbonyl (C=O) groups excluding carboxylic acids is 1. The summed E-state index contributed by atoms with van der Waals surface area (Å²) in [5, 5.41) is 72.3. The van der Waals surface area contributed by atoms with Gasteiger partial charge in [-0.25, -0.2) is 0 Å². The van der Waals surface area contributed by atoms with Gasteiger partial charge in [0, 0.05) is 13.0 Å². The standard InChI is InChI=1S/C62H104O14/c1-3-5-7-9-11-13-15-17-19-21-22-23-24-25-26-27-28-29-30-32-34-36-38-40-42-44-46-71-48-51(74-54(64)45-43-41-39-37-35-33-31-20-18-16-14-12-10-8-6-4-2)49-72-61-60(70)58(68)56(66)53(76-61)50-73-62-59(69)57(67)55(65)52(47-63)75-62/h5,7,11,13-14,16-17,19-20,22-23,25-26,28-29,31,51-53,55-63,65-70H,3-4,6,8-10,12,15,18,21,24,27,30,32-50H2,1-2H3/b7-5-,13-11-,16-14-,19-17-,23-22-,26-25-,29-28-,31-20-. The fraction of sp³-hybridized carbons (Fsp3) is 0.726. The van der Waals surface area contributed by atoms with E-state index in [0.29, 0.717) is 13.0 Å². The van der Waals surface area contributed by atoms with Crippen molar-refractivity contribution in [2.45, 2.75) is 255 Å². The van der Waals surface area contributed by atoms with Gasteiger partial charge in [-0.05, 0) is 96.3 Å². The molecule has 2 rings (SSSR count). The second-order valence-corrected chi connectivity index (χ2v) is 20.1. The SMILES string of the molecule is CC/C=C\C/C=C\C/C=C\C/C=C\C/C=C\C/C=C\CCCCCCCCCOCC(COC1OC(COC2OC(CO)C(O)C(O)C2O)C(O)C(O)C1O)OC(=O)CCCCCCC/C=C\C/C=C\CCCCCC. The number of rotatable bonds is 46. The lowest BCUT2D eigenvalue weighted by molar-refractivity contribution is -0.332. The van der Waals surface area contributed by atoms with Crippen molar-refractivity contribution >= 4 is 5.97 Å². The molecule has 0 bridgehead atoms. The molecule has 14 heteroatoms. The van der Waals surface area contributed by atoms with Gasteiger partial charge in [0.05, 0.1) is 26.4 Å². The summed E-state index contributed by atoms with van der Waals surface area (Å²) >= 11 is 0. The molecule has 0 amide bonds. The first-order chi connectivity index (χ1) is 37.1. The van der Waals surface area contributed by atoms with Crippen LogP contribution in [0.25, 0.3) is 0 Å². The number of aliphatic hydroxyl groups is 7. The summed E-state index contributed by atoms with van der Waals surface area (Å²) < 4.78 is 34.4. The molecule has 11 atom stereocenters. The fourth-order valence-corrected chi connectivity index (χ4v) is 8.61. The van der Waals surface area contributed by atoms with E-state index in [1.165, 1.54) is 44.9 Å². The Morgan fingerprint density at radius 1 is 0.447 bits per heavy atom. The van der Waals surface area contributed by atoms with Gasteiger partial charge in [0.1, 0.15) is 54.9 Å².